The number of hydrogen-bond donors (Lipinski definition) is 1. The summed E-state index contributed by atoms with van der Waals surface area (Å²) in [5, 5.41) is 10.0. The molecule has 142 valence electrons. The number of aliphatic hydroxyl groups is 1. The van der Waals surface area contributed by atoms with E-state index in [0.29, 0.717) is 24.3 Å². The van der Waals surface area contributed by atoms with E-state index in [1.54, 1.807) is 7.11 Å². The van der Waals surface area contributed by atoms with Crippen LogP contribution in [0.1, 0.15) is 31.2 Å². The first-order valence-electron chi connectivity index (χ1n) is 9.97. The molecule has 1 aromatic rings. The predicted octanol–water partition coefficient (Wildman–Crippen LogP) is 1.93. The van der Waals surface area contributed by atoms with Gasteiger partial charge in [-0.25, -0.2) is 0 Å². The molecule has 0 saturated carbocycles. The quantitative estimate of drug-likeness (QED) is 0.894. The molecule has 1 N–H and O–H groups in total. The summed E-state index contributed by atoms with van der Waals surface area (Å²) in [6.45, 7) is 2.96. The summed E-state index contributed by atoms with van der Waals surface area (Å²) in [6.07, 6.45) is 5.27. The first-order chi connectivity index (χ1) is 12.7. The molecule has 26 heavy (non-hydrogen) atoms. The van der Waals surface area contributed by atoms with Gasteiger partial charge in [-0.2, -0.15) is 0 Å². The molecule has 5 heteroatoms. The van der Waals surface area contributed by atoms with Crippen molar-refractivity contribution in [2.24, 2.45) is 11.8 Å². The van der Waals surface area contributed by atoms with E-state index in [9.17, 15) is 9.90 Å². The molecule has 0 aliphatic carbocycles. The Morgan fingerprint density at radius 2 is 2.04 bits per heavy atom. The van der Waals surface area contributed by atoms with Crippen LogP contribution in [0, 0.1) is 11.8 Å². The zero-order valence-electron chi connectivity index (χ0n) is 15.6. The number of carbonyl (C=O) groups is 1. The Hall–Kier alpha value is -1.59. The SMILES string of the molecule is COc1ccccc1CC(=O)N1C[C@H]2C[C@@H](C1)[C@H](CO)N1CCCC[C@@H]21. The number of amides is 1. The highest BCUT2D eigenvalue weighted by molar-refractivity contribution is 5.79. The van der Waals surface area contributed by atoms with Gasteiger partial charge >= 0.3 is 0 Å². The number of hydrogen-bond acceptors (Lipinski definition) is 4. The summed E-state index contributed by atoms with van der Waals surface area (Å²) in [5.41, 5.74) is 0.953. The number of piperidine rings is 3. The number of fused-ring (bicyclic) bond motifs is 4. The van der Waals surface area contributed by atoms with Crippen LogP contribution in [-0.4, -0.2) is 66.2 Å². The molecule has 0 unspecified atom stereocenters. The highest BCUT2D eigenvalue weighted by atomic mass is 16.5. The summed E-state index contributed by atoms with van der Waals surface area (Å²) in [6, 6.07) is 8.53. The predicted molar refractivity (Wildman–Crippen MR) is 100 cm³/mol. The van der Waals surface area contributed by atoms with E-state index in [1.807, 2.05) is 24.3 Å². The van der Waals surface area contributed by atoms with Crippen LogP contribution >= 0.6 is 0 Å². The normalized spacial score (nSPS) is 31.4. The molecule has 4 atom stereocenters. The molecule has 0 radical (unpaired) electrons. The third-order valence-electron chi connectivity index (χ3n) is 6.70. The van der Waals surface area contributed by atoms with Crippen molar-refractivity contribution in [2.45, 2.75) is 44.2 Å². The first-order valence-corrected chi connectivity index (χ1v) is 9.97. The molecule has 1 amide bonds. The van der Waals surface area contributed by atoms with Crippen LogP contribution in [-0.2, 0) is 11.2 Å². The maximum atomic E-state index is 13.0. The topological polar surface area (TPSA) is 53.0 Å². The van der Waals surface area contributed by atoms with E-state index in [-0.39, 0.29) is 18.6 Å². The molecule has 5 nitrogen and oxygen atoms in total. The largest absolute Gasteiger partial charge is 0.496 e. The van der Waals surface area contributed by atoms with Crippen molar-refractivity contribution in [3.63, 3.8) is 0 Å². The number of benzene rings is 1. The molecule has 1 aromatic carbocycles. The number of nitrogens with zero attached hydrogens (tertiary/aromatic N) is 2. The monoisotopic (exact) mass is 358 g/mol. The van der Waals surface area contributed by atoms with Crippen molar-refractivity contribution in [3.05, 3.63) is 29.8 Å². The smallest absolute Gasteiger partial charge is 0.227 e. The zero-order chi connectivity index (χ0) is 18.1. The molecule has 3 aliphatic heterocycles. The average molecular weight is 358 g/mol. The van der Waals surface area contributed by atoms with Gasteiger partial charge in [-0.05, 0) is 43.7 Å². The number of para-hydroxylation sites is 1. The van der Waals surface area contributed by atoms with Gasteiger partial charge in [-0.15, -0.1) is 0 Å². The Labute approximate surface area is 155 Å². The van der Waals surface area contributed by atoms with E-state index in [1.165, 1.54) is 19.3 Å². The van der Waals surface area contributed by atoms with Crippen molar-refractivity contribution in [1.29, 1.82) is 0 Å². The molecule has 3 fully saturated rings. The summed E-state index contributed by atoms with van der Waals surface area (Å²) < 4.78 is 5.40. The van der Waals surface area contributed by atoms with Crippen molar-refractivity contribution >= 4 is 5.91 Å². The van der Waals surface area contributed by atoms with Gasteiger partial charge in [0.05, 0.1) is 20.1 Å². The Bertz CT molecular complexity index is 636. The van der Waals surface area contributed by atoms with E-state index >= 15 is 0 Å². The minimum Gasteiger partial charge on any atom is -0.496 e. The number of likely N-dealkylation sites (tertiary alicyclic amines) is 1. The van der Waals surface area contributed by atoms with Crippen LogP contribution in [0.4, 0.5) is 0 Å². The number of methoxy groups -OCH3 is 1. The van der Waals surface area contributed by atoms with E-state index in [4.69, 9.17) is 4.74 Å². The second kappa shape index (κ2) is 7.57. The van der Waals surface area contributed by atoms with Crippen molar-refractivity contribution in [2.75, 3.05) is 33.4 Å². The maximum absolute atomic E-state index is 13.0. The van der Waals surface area contributed by atoms with Gasteiger partial charge in [0.1, 0.15) is 5.75 Å². The summed E-state index contributed by atoms with van der Waals surface area (Å²) >= 11 is 0. The number of carbonyl (C=O) groups excluding carboxylic acids is 1. The second-order valence-electron chi connectivity index (χ2n) is 8.09. The minimum absolute atomic E-state index is 0.185. The fourth-order valence-corrected chi connectivity index (χ4v) is 5.49. The number of rotatable bonds is 4. The van der Waals surface area contributed by atoms with Crippen LogP contribution in [0.5, 0.6) is 5.75 Å². The van der Waals surface area contributed by atoms with Gasteiger partial charge in [-0.3, -0.25) is 9.69 Å². The number of ether oxygens (including phenoxy) is 1. The second-order valence-corrected chi connectivity index (χ2v) is 8.09. The highest BCUT2D eigenvalue weighted by Gasteiger charge is 2.47. The molecule has 0 spiro atoms. The third-order valence-corrected chi connectivity index (χ3v) is 6.70. The van der Waals surface area contributed by atoms with Gasteiger partial charge in [0.25, 0.3) is 0 Å². The zero-order valence-corrected chi connectivity index (χ0v) is 15.6. The lowest BCUT2D eigenvalue weighted by Crippen LogP contribution is -2.65. The molecule has 3 aliphatic rings. The van der Waals surface area contributed by atoms with Crippen LogP contribution in [0.3, 0.4) is 0 Å². The maximum Gasteiger partial charge on any atom is 0.227 e. The van der Waals surface area contributed by atoms with Gasteiger partial charge < -0.3 is 14.7 Å². The van der Waals surface area contributed by atoms with Crippen LogP contribution in [0.15, 0.2) is 24.3 Å². The molecule has 2 bridgehead atoms. The van der Waals surface area contributed by atoms with E-state index < -0.39 is 0 Å². The van der Waals surface area contributed by atoms with Crippen molar-refractivity contribution < 1.29 is 14.6 Å². The number of aliphatic hydroxyl groups excluding tert-OH is 1. The van der Waals surface area contributed by atoms with Crippen LogP contribution < -0.4 is 4.74 Å². The molecular weight excluding hydrogens is 328 g/mol. The first kappa shape index (κ1) is 17.8. The Balaban J connectivity index is 1.49. The highest BCUT2D eigenvalue weighted by Crippen LogP contribution is 2.41. The van der Waals surface area contributed by atoms with Crippen LogP contribution in [0.25, 0.3) is 0 Å². The van der Waals surface area contributed by atoms with Gasteiger partial charge in [0, 0.05) is 30.7 Å². The molecule has 0 aromatic heterocycles. The lowest BCUT2D eigenvalue weighted by atomic mass is 9.72. The van der Waals surface area contributed by atoms with Gasteiger partial charge in [0.15, 0.2) is 0 Å². The molecular formula is C21H30N2O3. The summed E-state index contributed by atoms with van der Waals surface area (Å²) in [4.78, 5) is 17.6. The average Bonchev–Trinajstić information content (AvgIpc) is 2.68. The standard InChI is InChI=1S/C21H30N2O3/c1-26-20-8-3-2-6-15(20)11-21(25)22-12-16-10-17(13-22)19(14-24)23-9-5-4-7-18(16)23/h2-3,6,8,16-19,24H,4-5,7,9-14H2,1H3/t16-,17+,18+,19+/m1/s1. The molecule has 3 saturated heterocycles. The lowest BCUT2D eigenvalue weighted by Gasteiger charge is -2.56. The van der Waals surface area contributed by atoms with E-state index in [0.717, 1.165) is 37.4 Å². The minimum atomic E-state index is 0.185. The van der Waals surface area contributed by atoms with Crippen molar-refractivity contribution in [3.8, 4) is 5.75 Å². The third kappa shape index (κ3) is 3.23. The Morgan fingerprint density at radius 3 is 2.85 bits per heavy atom. The van der Waals surface area contributed by atoms with E-state index in [2.05, 4.69) is 9.80 Å². The summed E-state index contributed by atoms with van der Waals surface area (Å²) in [5.74, 6) is 1.92. The fourth-order valence-electron chi connectivity index (χ4n) is 5.49. The lowest BCUT2D eigenvalue weighted by molar-refractivity contribution is -0.141. The van der Waals surface area contributed by atoms with Crippen LogP contribution in [0.2, 0.25) is 0 Å². The molecule has 3 heterocycles. The Morgan fingerprint density at radius 1 is 1.23 bits per heavy atom. The fraction of sp³-hybridized carbons (Fsp3) is 0.667. The Kier molecular flexibility index (Phi) is 5.18. The molecule has 4 rings (SSSR count). The summed E-state index contributed by atoms with van der Waals surface area (Å²) in [7, 11) is 1.65. The van der Waals surface area contributed by atoms with Gasteiger partial charge in [-0.1, -0.05) is 24.6 Å². The van der Waals surface area contributed by atoms with Gasteiger partial charge in [0.2, 0.25) is 5.91 Å². The van der Waals surface area contributed by atoms with Crippen molar-refractivity contribution in [1.82, 2.24) is 9.80 Å².